The third-order valence-electron chi connectivity index (χ3n) is 3.70. The molecule has 4 nitrogen and oxygen atoms in total. The van der Waals surface area contributed by atoms with Gasteiger partial charge in [0.15, 0.2) is 6.61 Å². The highest BCUT2D eigenvalue weighted by Gasteiger charge is 2.12. The molecule has 0 radical (unpaired) electrons. The maximum atomic E-state index is 11.9. The van der Waals surface area contributed by atoms with Crippen LogP contribution in [0.2, 0.25) is 0 Å². The molecule has 126 valence electrons. The predicted molar refractivity (Wildman–Crippen MR) is 93.8 cm³/mol. The van der Waals surface area contributed by atoms with E-state index in [0.29, 0.717) is 5.56 Å². The maximum Gasteiger partial charge on any atom is 0.338 e. The van der Waals surface area contributed by atoms with Gasteiger partial charge in [0.1, 0.15) is 0 Å². The SMILES string of the molecule is Cc1cccc(C(=O)OCC(=O)N[C@@H](C)CCc2ccccc2)c1. The van der Waals surface area contributed by atoms with Gasteiger partial charge in [0, 0.05) is 6.04 Å². The summed E-state index contributed by atoms with van der Waals surface area (Å²) in [4.78, 5) is 23.8. The molecule has 0 aliphatic rings. The Balaban J connectivity index is 1.71. The van der Waals surface area contributed by atoms with Gasteiger partial charge in [-0.25, -0.2) is 4.79 Å². The minimum atomic E-state index is -0.481. The van der Waals surface area contributed by atoms with Crippen molar-refractivity contribution in [3.8, 4) is 0 Å². The molecular weight excluding hydrogens is 302 g/mol. The second-order valence-corrected chi connectivity index (χ2v) is 5.94. The molecule has 24 heavy (non-hydrogen) atoms. The van der Waals surface area contributed by atoms with Crippen LogP contribution in [0.1, 0.15) is 34.8 Å². The normalized spacial score (nSPS) is 11.6. The summed E-state index contributed by atoms with van der Waals surface area (Å²) in [6, 6.07) is 17.3. The number of hydrogen-bond acceptors (Lipinski definition) is 3. The number of benzene rings is 2. The Kier molecular flexibility index (Phi) is 6.55. The zero-order chi connectivity index (χ0) is 17.4. The third-order valence-corrected chi connectivity index (χ3v) is 3.70. The first-order valence-electron chi connectivity index (χ1n) is 8.11. The van der Waals surface area contributed by atoms with E-state index in [1.165, 1.54) is 5.56 Å². The summed E-state index contributed by atoms with van der Waals surface area (Å²) in [6.07, 6.45) is 1.73. The molecular formula is C20H23NO3. The molecule has 1 amide bonds. The van der Waals surface area contributed by atoms with E-state index < -0.39 is 5.97 Å². The summed E-state index contributed by atoms with van der Waals surface area (Å²) >= 11 is 0. The quantitative estimate of drug-likeness (QED) is 0.795. The molecule has 0 unspecified atom stereocenters. The third kappa shape index (κ3) is 5.88. The van der Waals surface area contributed by atoms with E-state index in [1.54, 1.807) is 18.2 Å². The molecule has 0 fully saturated rings. The lowest BCUT2D eigenvalue weighted by Crippen LogP contribution is -2.36. The molecule has 0 heterocycles. The lowest BCUT2D eigenvalue weighted by Gasteiger charge is -2.14. The first-order valence-corrected chi connectivity index (χ1v) is 8.11. The molecule has 1 N–H and O–H groups in total. The van der Waals surface area contributed by atoms with Crippen LogP contribution in [0.4, 0.5) is 0 Å². The molecule has 1 atom stereocenters. The summed E-state index contributed by atoms with van der Waals surface area (Å²) in [7, 11) is 0. The number of carbonyl (C=O) groups is 2. The molecule has 2 rings (SSSR count). The van der Waals surface area contributed by atoms with E-state index >= 15 is 0 Å². The highest BCUT2D eigenvalue weighted by Crippen LogP contribution is 2.06. The van der Waals surface area contributed by atoms with Crippen LogP contribution >= 0.6 is 0 Å². The molecule has 0 aliphatic carbocycles. The minimum Gasteiger partial charge on any atom is -0.452 e. The average molecular weight is 325 g/mol. The van der Waals surface area contributed by atoms with Crippen LogP contribution in [0.15, 0.2) is 54.6 Å². The van der Waals surface area contributed by atoms with E-state index in [1.807, 2.05) is 38.1 Å². The van der Waals surface area contributed by atoms with Crippen LogP contribution in [0.25, 0.3) is 0 Å². The molecule has 2 aromatic rings. The fourth-order valence-corrected chi connectivity index (χ4v) is 2.40. The van der Waals surface area contributed by atoms with Crippen molar-refractivity contribution in [1.29, 1.82) is 0 Å². The zero-order valence-electron chi connectivity index (χ0n) is 14.1. The molecule has 0 aromatic heterocycles. The van der Waals surface area contributed by atoms with E-state index in [-0.39, 0.29) is 18.6 Å². The van der Waals surface area contributed by atoms with Crippen LogP contribution in [0, 0.1) is 6.92 Å². The van der Waals surface area contributed by atoms with Crippen molar-refractivity contribution in [2.45, 2.75) is 32.7 Å². The number of amides is 1. The number of ether oxygens (including phenoxy) is 1. The standard InChI is InChI=1S/C20H23NO3/c1-15-7-6-10-18(13-15)20(23)24-14-19(22)21-16(2)11-12-17-8-4-3-5-9-17/h3-10,13,16H,11-12,14H2,1-2H3,(H,21,22)/t16-/m0/s1. The van der Waals surface area contributed by atoms with Crippen LogP contribution in [-0.4, -0.2) is 24.5 Å². The van der Waals surface area contributed by atoms with E-state index in [4.69, 9.17) is 4.74 Å². The lowest BCUT2D eigenvalue weighted by molar-refractivity contribution is -0.124. The van der Waals surface area contributed by atoms with Crippen molar-refractivity contribution >= 4 is 11.9 Å². The summed E-state index contributed by atoms with van der Waals surface area (Å²) in [5, 5.41) is 2.85. The Morgan fingerprint density at radius 2 is 1.83 bits per heavy atom. The second kappa shape index (κ2) is 8.87. The molecule has 4 heteroatoms. The van der Waals surface area contributed by atoms with Gasteiger partial charge in [0.2, 0.25) is 0 Å². The molecule has 0 saturated heterocycles. The molecule has 0 bridgehead atoms. The number of aryl methyl sites for hydroxylation is 2. The maximum absolute atomic E-state index is 11.9. The number of rotatable bonds is 7. The number of hydrogen-bond donors (Lipinski definition) is 1. The molecule has 0 saturated carbocycles. The summed E-state index contributed by atoms with van der Waals surface area (Å²) < 4.78 is 5.06. The Morgan fingerprint density at radius 3 is 2.54 bits per heavy atom. The fraction of sp³-hybridized carbons (Fsp3) is 0.300. The van der Waals surface area contributed by atoms with Crippen molar-refractivity contribution in [2.24, 2.45) is 0 Å². The lowest BCUT2D eigenvalue weighted by atomic mass is 10.1. The Morgan fingerprint density at radius 1 is 1.08 bits per heavy atom. The molecule has 2 aromatic carbocycles. The van der Waals surface area contributed by atoms with E-state index in [9.17, 15) is 9.59 Å². The van der Waals surface area contributed by atoms with Gasteiger partial charge < -0.3 is 10.1 Å². The van der Waals surface area contributed by atoms with Crippen LogP contribution in [0.5, 0.6) is 0 Å². The fourth-order valence-electron chi connectivity index (χ4n) is 2.40. The van der Waals surface area contributed by atoms with Gasteiger partial charge in [-0.05, 0) is 44.4 Å². The summed E-state index contributed by atoms with van der Waals surface area (Å²) in [5.74, 6) is -0.762. The number of esters is 1. The van der Waals surface area contributed by atoms with Gasteiger partial charge in [-0.3, -0.25) is 4.79 Å². The van der Waals surface area contributed by atoms with E-state index in [0.717, 1.165) is 18.4 Å². The molecule has 0 aliphatic heterocycles. The van der Waals surface area contributed by atoms with Gasteiger partial charge in [0.25, 0.3) is 5.91 Å². The Bertz CT molecular complexity index is 682. The highest BCUT2D eigenvalue weighted by atomic mass is 16.5. The highest BCUT2D eigenvalue weighted by molar-refractivity contribution is 5.91. The first-order chi connectivity index (χ1) is 11.5. The zero-order valence-corrected chi connectivity index (χ0v) is 14.1. The topological polar surface area (TPSA) is 55.4 Å². The predicted octanol–water partition coefficient (Wildman–Crippen LogP) is 3.29. The van der Waals surface area contributed by atoms with Gasteiger partial charge in [-0.15, -0.1) is 0 Å². The average Bonchev–Trinajstić information content (AvgIpc) is 2.59. The van der Waals surface area contributed by atoms with Gasteiger partial charge in [-0.2, -0.15) is 0 Å². The monoisotopic (exact) mass is 325 g/mol. The van der Waals surface area contributed by atoms with Crippen molar-refractivity contribution in [2.75, 3.05) is 6.61 Å². The van der Waals surface area contributed by atoms with Crippen LogP contribution < -0.4 is 5.32 Å². The van der Waals surface area contributed by atoms with Crippen molar-refractivity contribution in [3.05, 3.63) is 71.3 Å². The van der Waals surface area contributed by atoms with Crippen LogP contribution in [0.3, 0.4) is 0 Å². The Hall–Kier alpha value is -2.62. The number of carbonyl (C=O) groups excluding carboxylic acids is 2. The van der Waals surface area contributed by atoms with Crippen LogP contribution in [-0.2, 0) is 16.0 Å². The molecule has 0 spiro atoms. The summed E-state index contributed by atoms with van der Waals surface area (Å²) in [5.41, 5.74) is 2.67. The first kappa shape index (κ1) is 17.7. The van der Waals surface area contributed by atoms with Gasteiger partial charge in [0.05, 0.1) is 5.56 Å². The second-order valence-electron chi connectivity index (χ2n) is 5.94. The van der Waals surface area contributed by atoms with Gasteiger partial charge >= 0.3 is 5.97 Å². The Labute approximate surface area is 142 Å². The van der Waals surface area contributed by atoms with E-state index in [2.05, 4.69) is 17.4 Å². The van der Waals surface area contributed by atoms with Gasteiger partial charge in [-0.1, -0.05) is 48.0 Å². The minimum absolute atomic E-state index is 0.0235. The smallest absolute Gasteiger partial charge is 0.338 e. The largest absolute Gasteiger partial charge is 0.452 e. The van der Waals surface area contributed by atoms with Crippen molar-refractivity contribution in [1.82, 2.24) is 5.32 Å². The van der Waals surface area contributed by atoms with Crippen molar-refractivity contribution < 1.29 is 14.3 Å². The number of nitrogens with one attached hydrogen (secondary N) is 1. The summed E-state index contributed by atoms with van der Waals surface area (Å²) in [6.45, 7) is 3.59. The van der Waals surface area contributed by atoms with Crippen molar-refractivity contribution in [3.63, 3.8) is 0 Å².